The molecule has 9 nitrogen and oxygen atoms in total. The Morgan fingerprint density at radius 3 is 2.72 bits per heavy atom. The molecule has 0 aliphatic heterocycles. The fourth-order valence-electron chi connectivity index (χ4n) is 4.03. The summed E-state index contributed by atoms with van der Waals surface area (Å²) in [5, 5.41) is 11.0. The molecule has 0 spiro atoms. The minimum atomic E-state index is 0.178. The highest BCUT2D eigenvalue weighted by atomic mass is 15.3. The van der Waals surface area contributed by atoms with E-state index >= 15 is 0 Å². The molecule has 0 amide bonds. The average Bonchev–Trinajstić information content (AvgIpc) is 3.32. The maximum absolute atomic E-state index is 5.87. The third kappa shape index (κ3) is 3.39. The number of hydrogen-bond acceptors (Lipinski definition) is 7. The lowest BCUT2D eigenvalue weighted by Crippen LogP contribution is -2.10. The van der Waals surface area contributed by atoms with Crippen LogP contribution in [0.15, 0.2) is 30.3 Å². The number of imidazole rings is 1. The Balaban J connectivity index is 1.54. The van der Waals surface area contributed by atoms with E-state index in [-0.39, 0.29) is 5.95 Å². The minimum absolute atomic E-state index is 0.178. The van der Waals surface area contributed by atoms with Crippen molar-refractivity contribution >= 4 is 28.7 Å². The zero-order valence-corrected chi connectivity index (χ0v) is 16.3. The normalized spacial score (nSPS) is 15.1. The highest BCUT2D eigenvalue weighted by Gasteiger charge is 2.20. The minimum Gasteiger partial charge on any atom is -0.368 e. The third-order valence-electron chi connectivity index (χ3n) is 5.38. The smallest absolute Gasteiger partial charge is 0.242 e. The molecule has 0 unspecified atom stereocenters. The number of rotatable bonds is 4. The summed E-state index contributed by atoms with van der Waals surface area (Å²) >= 11 is 0. The van der Waals surface area contributed by atoms with Gasteiger partial charge in [0.2, 0.25) is 17.8 Å². The number of aromatic nitrogens is 7. The van der Waals surface area contributed by atoms with Crippen LogP contribution in [0.1, 0.15) is 49.5 Å². The predicted octanol–water partition coefficient (Wildman–Crippen LogP) is 3.62. The number of anilines is 3. The molecular formula is C20H23N9. The number of fused-ring (bicyclic) bond motifs is 1. The zero-order valence-electron chi connectivity index (χ0n) is 16.3. The fourth-order valence-corrected chi connectivity index (χ4v) is 4.03. The van der Waals surface area contributed by atoms with Crippen LogP contribution < -0.4 is 11.1 Å². The number of nitrogens with one attached hydrogen (secondary N) is 2. The number of aryl methyl sites for hydroxylation is 1. The van der Waals surface area contributed by atoms with E-state index in [0.717, 1.165) is 22.5 Å². The van der Waals surface area contributed by atoms with Gasteiger partial charge in [0, 0.05) is 12.0 Å². The molecule has 0 atom stereocenters. The van der Waals surface area contributed by atoms with Crippen molar-refractivity contribution in [2.75, 3.05) is 11.1 Å². The number of para-hydroxylation sites is 2. The molecule has 148 valence electrons. The number of H-pyrrole nitrogens is 1. The van der Waals surface area contributed by atoms with E-state index in [2.05, 4.69) is 36.5 Å². The van der Waals surface area contributed by atoms with Gasteiger partial charge in [-0.05, 0) is 31.9 Å². The SMILES string of the molecule is Cc1nc(N)nc(-n2c(Nc3cc(C4CCCCC4)n[nH]3)nc3ccccc32)n1. The summed E-state index contributed by atoms with van der Waals surface area (Å²) in [5.74, 6) is 3.07. The summed E-state index contributed by atoms with van der Waals surface area (Å²) in [5.41, 5.74) is 8.69. The molecule has 29 heavy (non-hydrogen) atoms. The van der Waals surface area contributed by atoms with Crippen LogP contribution in [0.3, 0.4) is 0 Å². The largest absolute Gasteiger partial charge is 0.368 e. The van der Waals surface area contributed by atoms with E-state index in [1.807, 2.05) is 28.8 Å². The molecule has 1 aliphatic rings. The Bertz CT molecular complexity index is 1130. The lowest BCUT2D eigenvalue weighted by molar-refractivity contribution is 0.436. The molecule has 4 aromatic rings. The standard InChI is InChI=1S/C20H23N9/c1-12-22-18(21)26-19(23-12)29-16-10-6-5-9-14(16)24-20(29)25-17-11-15(27-28-17)13-7-3-2-4-8-13/h5-6,9-11,13H,2-4,7-8H2,1H3,(H2,21,22,23,26)(H2,24,25,27,28). The van der Waals surface area contributed by atoms with Gasteiger partial charge in [0.1, 0.15) is 11.6 Å². The van der Waals surface area contributed by atoms with Gasteiger partial charge in [0.15, 0.2) is 0 Å². The molecule has 0 radical (unpaired) electrons. The molecular weight excluding hydrogens is 366 g/mol. The predicted molar refractivity (Wildman–Crippen MR) is 111 cm³/mol. The van der Waals surface area contributed by atoms with Gasteiger partial charge in [-0.15, -0.1) is 0 Å². The van der Waals surface area contributed by atoms with Crippen molar-refractivity contribution in [3.63, 3.8) is 0 Å². The van der Waals surface area contributed by atoms with Gasteiger partial charge in [0.25, 0.3) is 0 Å². The van der Waals surface area contributed by atoms with Crippen molar-refractivity contribution in [1.82, 2.24) is 34.7 Å². The second kappa shape index (κ2) is 7.16. The van der Waals surface area contributed by atoms with Crippen LogP contribution in [-0.2, 0) is 0 Å². The maximum atomic E-state index is 5.87. The monoisotopic (exact) mass is 389 g/mol. The number of nitrogen functional groups attached to an aromatic ring is 1. The summed E-state index contributed by atoms with van der Waals surface area (Å²) in [7, 11) is 0. The number of nitrogens with two attached hydrogens (primary N) is 1. The molecule has 1 aliphatic carbocycles. The van der Waals surface area contributed by atoms with Crippen LogP contribution >= 0.6 is 0 Å². The second-order valence-corrected chi connectivity index (χ2v) is 7.47. The van der Waals surface area contributed by atoms with Crippen molar-refractivity contribution in [3.8, 4) is 5.95 Å². The zero-order chi connectivity index (χ0) is 19.8. The molecule has 1 saturated carbocycles. The number of hydrogen-bond donors (Lipinski definition) is 3. The van der Waals surface area contributed by atoms with Crippen molar-refractivity contribution < 1.29 is 0 Å². The molecule has 1 fully saturated rings. The first-order valence-electron chi connectivity index (χ1n) is 9.96. The van der Waals surface area contributed by atoms with Crippen LogP contribution in [0.25, 0.3) is 17.0 Å². The van der Waals surface area contributed by atoms with Crippen LogP contribution in [-0.4, -0.2) is 34.7 Å². The Hall–Kier alpha value is -3.49. The van der Waals surface area contributed by atoms with Gasteiger partial charge >= 0.3 is 0 Å². The Morgan fingerprint density at radius 1 is 1.07 bits per heavy atom. The first-order chi connectivity index (χ1) is 14.2. The summed E-state index contributed by atoms with van der Waals surface area (Å²) < 4.78 is 1.85. The van der Waals surface area contributed by atoms with E-state index in [1.165, 1.54) is 32.1 Å². The van der Waals surface area contributed by atoms with Gasteiger partial charge in [0.05, 0.1) is 16.7 Å². The number of benzene rings is 1. The molecule has 5 rings (SSSR count). The lowest BCUT2D eigenvalue weighted by atomic mass is 9.87. The molecule has 3 heterocycles. The van der Waals surface area contributed by atoms with E-state index in [9.17, 15) is 0 Å². The fraction of sp³-hybridized carbons (Fsp3) is 0.350. The van der Waals surface area contributed by atoms with E-state index in [0.29, 0.717) is 23.6 Å². The van der Waals surface area contributed by atoms with Crippen LogP contribution in [0.5, 0.6) is 0 Å². The van der Waals surface area contributed by atoms with Gasteiger partial charge in [-0.1, -0.05) is 31.4 Å². The van der Waals surface area contributed by atoms with Crippen LogP contribution in [0.4, 0.5) is 17.7 Å². The Morgan fingerprint density at radius 2 is 1.90 bits per heavy atom. The number of nitrogens with zero attached hydrogens (tertiary/aromatic N) is 6. The van der Waals surface area contributed by atoms with Gasteiger partial charge in [-0.2, -0.15) is 20.1 Å². The highest BCUT2D eigenvalue weighted by molar-refractivity contribution is 5.81. The van der Waals surface area contributed by atoms with Crippen molar-refractivity contribution in [3.05, 3.63) is 41.9 Å². The first kappa shape index (κ1) is 17.6. The second-order valence-electron chi connectivity index (χ2n) is 7.47. The van der Waals surface area contributed by atoms with Gasteiger partial charge in [-0.3, -0.25) is 5.10 Å². The summed E-state index contributed by atoms with van der Waals surface area (Å²) in [6.07, 6.45) is 6.27. The van der Waals surface area contributed by atoms with E-state index < -0.39 is 0 Å². The van der Waals surface area contributed by atoms with E-state index in [1.54, 1.807) is 6.92 Å². The quantitative estimate of drug-likeness (QED) is 0.487. The van der Waals surface area contributed by atoms with Crippen LogP contribution in [0, 0.1) is 6.92 Å². The molecule has 3 aromatic heterocycles. The summed E-state index contributed by atoms with van der Waals surface area (Å²) in [6, 6.07) is 9.91. The topological polar surface area (TPSA) is 123 Å². The maximum Gasteiger partial charge on any atom is 0.242 e. The molecule has 1 aromatic carbocycles. The van der Waals surface area contributed by atoms with Crippen molar-refractivity contribution in [2.24, 2.45) is 0 Å². The third-order valence-corrected chi connectivity index (χ3v) is 5.38. The van der Waals surface area contributed by atoms with Gasteiger partial charge in [-0.25, -0.2) is 9.55 Å². The molecule has 9 heteroatoms. The molecule has 0 saturated heterocycles. The molecule has 4 N–H and O–H groups in total. The Labute approximate surface area is 167 Å². The van der Waals surface area contributed by atoms with Crippen LogP contribution in [0.2, 0.25) is 0 Å². The molecule has 0 bridgehead atoms. The van der Waals surface area contributed by atoms with Crippen molar-refractivity contribution in [1.29, 1.82) is 0 Å². The number of aromatic amines is 1. The van der Waals surface area contributed by atoms with E-state index in [4.69, 9.17) is 10.7 Å². The Kier molecular flexibility index (Phi) is 4.34. The summed E-state index contributed by atoms with van der Waals surface area (Å²) in [6.45, 7) is 1.79. The highest BCUT2D eigenvalue weighted by Crippen LogP contribution is 2.33. The average molecular weight is 389 g/mol. The first-order valence-corrected chi connectivity index (χ1v) is 9.96. The lowest BCUT2D eigenvalue weighted by Gasteiger charge is -2.18. The summed E-state index contributed by atoms with van der Waals surface area (Å²) in [4.78, 5) is 17.6. The van der Waals surface area contributed by atoms with Gasteiger partial charge < -0.3 is 11.1 Å². The van der Waals surface area contributed by atoms with Crippen molar-refractivity contribution in [2.45, 2.75) is 44.9 Å².